The minimum absolute atomic E-state index is 0.118. The van der Waals surface area contributed by atoms with Crippen molar-refractivity contribution in [3.63, 3.8) is 0 Å². The number of carbonyl (C=O) groups excluding carboxylic acids is 1. The molecule has 16 heavy (non-hydrogen) atoms. The number of nitrogens with one attached hydrogen (secondary N) is 1. The summed E-state index contributed by atoms with van der Waals surface area (Å²) >= 11 is 0. The first-order valence-electron chi connectivity index (χ1n) is 6.40. The zero-order chi connectivity index (χ0) is 11.6. The summed E-state index contributed by atoms with van der Waals surface area (Å²) < 4.78 is 0. The second-order valence-electron chi connectivity index (χ2n) is 5.55. The number of hydrogen-bond donors (Lipinski definition) is 3. The van der Waals surface area contributed by atoms with Crippen molar-refractivity contribution in [3.8, 4) is 0 Å². The number of amides is 1. The van der Waals surface area contributed by atoms with E-state index in [4.69, 9.17) is 11.5 Å². The highest BCUT2D eigenvalue weighted by Crippen LogP contribution is 2.29. The minimum atomic E-state index is -0.118. The topological polar surface area (TPSA) is 81.1 Å². The van der Waals surface area contributed by atoms with Crippen LogP contribution < -0.4 is 16.8 Å². The molecule has 0 aromatic heterocycles. The van der Waals surface area contributed by atoms with Crippen molar-refractivity contribution in [2.45, 2.75) is 56.5 Å². The Morgan fingerprint density at radius 1 is 1.31 bits per heavy atom. The highest BCUT2D eigenvalue weighted by Gasteiger charge is 2.33. The fraction of sp³-hybridized carbons (Fsp3) is 0.917. The van der Waals surface area contributed by atoms with Gasteiger partial charge in [0.15, 0.2) is 0 Å². The van der Waals surface area contributed by atoms with Crippen LogP contribution in [-0.2, 0) is 4.79 Å². The third-order valence-electron chi connectivity index (χ3n) is 4.15. The molecule has 0 radical (unpaired) electrons. The van der Waals surface area contributed by atoms with Crippen molar-refractivity contribution in [3.05, 3.63) is 0 Å². The first-order valence-corrected chi connectivity index (χ1v) is 6.40. The van der Waals surface area contributed by atoms with E-state index in [0.717, 1.165) is 25.7 Å². The molecule has 0 aliphatic heterocycles. The van der Waals surface area contributed by atoms with Gasteiger partial charge in [-0.05, 0) is 38.0 Å². The van der Waals surface area contributed by atoms with Gasteiger partial charge in [-0.2, -0.15) is 0 Å². The Kier molecular flexibility index (Phi) is 3.50. The third kappa shape index (κ3) is 2.74. The second-order valence-corrected chi connectivity index (χ2v) is 5.55. The summed E-state index contributed by atoms with van der Waals surface area (Å²) in [6.07, 6.45) is 7.19. The molecule has 1 amide bonds. The van der Waals surface area contributed by atoms with Crippen molar-refractivity contribution in [2.75, 3.05) is 6.54 Å². The molecule has 0 aromatic carbocycles. The number of carbonyl (C=O) groups is 1. The van der Waals surface area contributed by atoms with Crippen LogP contribution in [0.3, 0.4) is 0 Å². The molecule has 2 saturated carbocycles. The Bertz CT molecular complexity index is 263. The van der Waals surface area contributed by atoms with E-state index < -0.39 is 0 Å². The largest absolute Gasteiger partial charge is 0.354 e. The van der Waals surface area contributed by atoms with E-state index in [0.29, 0.717) is 18.9 Å². The summed E-state index contributed by atoms with van der Waals surface area (Å²) in [6.45, 7) is 0.633. The van der Waals surface area contributed by atoms with Gasteiger partial charge in [-0.3, -0.25) is 4.79 Å². The van der Waals surface area contributed by atoms with Crippen LogP contribution in [0.25, 0.3) is 0 Å². The van der Waals surface area contributed by atoms with Crippen LogP contribution in [0.2, 0.25) is 0 Å². The average Bonchev–Trinajstić information content (AvgIpc) is 2.59. The maximum absolute atomic E-state index is 11.7. The predicted molar refractivity (Wildman–Crippen MR) is 63.7 cm³/mol. The van der Waals surface area contributed by atoms with Crippen LogP contribution in [0.5, 0.6) is 0 Å². The molecule has 2 aliphatic carbocycles. The lowest BCUT2D eigenvalue weighted by Crippen LogP contribution is -2.55. The van der Waals surface area contributed by atoms with E-state index >= 15 is 0 Å². The van der Waals surface area contributed by atoms with Crippen LogP contribution >= 0.6 is 0 Å². The van der Waals surface area contributed by atoms with E-state index in [-0.39, 0.29) is 17.5 Å². The first kappa shape index (κ1) is 11.9. The van der Waals surface area contributed by atoms with Gasteiger partial charge >= 0.3 is 0 Å². The van der Waals surface area contributed by atoms with Gasteiger partial charge in [-0.15, -0.1) is 0 Å². The van der Waals surface area contributed by atoms with Gasteiger partial charge < -0.3 is 16.8 Å². The van der Waals surface area contributed by atoms with E-state index in [2.05, 4.69) is 5.32 Å². The maximum Gasteiger partial charge on any atom is 0.220 e. The summed E-state index contributed by atoms with van der Waals surface area (Å²) in [6, 6.07) is 0.223. The van der Waals surface area contributed by atoms with E-state index in [1.807, 2.05) is 0 Å². The van der Waals surface area contributed by atoms with E-state index in [1.165, 1.54) is 12.8 Å². The Labute approximate surface area is 97.1 Å². The van der Waals surface area contributed by atoms with Crippen LogP contribution in [-0.4, -0.2) is 24.0 Å². The lowest BCUT2D eigenvalue weighted by Gasteiger charge is -2.38. The third-order valence-corrected chi connectivity index (χ3v) is 4.15. The van der Waals surface area contributed by atoms with Crippen LogP contribution in [0.1, 0.15) is 44.9 Å². The van der Waals surface area contributed by atoms with Gasteiger partial charge in [0, 0.05) is 24.5 Å². The quantitative estimate of drug-likeness (QED) is 0.651. The number of nitrogens with two attached hydrogens (primary N) is 2. The molecule has 4 nitrogen and oxygen atoms in total. The monoisotopic (exact) mass is 225 g/mol. The molecule has 0 aromatic rings. The molecule has 2 atom stereocenters. The fourth-order valence-electron chi connectivity index (χ4n) is 2.71. The summed E-state index contributed by atoms with van der Waals surface area (Å²) in [7, 11) is 0. The summed E-state index contributed by atoms with van der Waals surface area (Å²) in [5.74, 6) is 0.509. The normalized spacial score (nSPS) is 32.1. The first-order chi connectivity index (χ1) is 7.59. The lowest BCUT2D eigenvalue weighted by molar-refractivity contribution is -0.122. The second kappa shape index (κ2) is 4.72. The van der Waals surface area contributed by atoms with Gasteiger partial charge in [-0.25, -0.2) is 0 Å². The zero-order valence-electron chi connectivity index (χ0n) is 9.87. The molecular formula is C12H23N3O. The van der Waals surface area contributed by atoms with E-state index in [1.54, 1.807) is 0 Å². The molecule has 0 heterocycles. The van der Waals surface area contributed by atoms with Crippen molar-refractivity contribution < 1.29 is 4.79 Å². The molecule has 92 valence electrons. The molecule has 0 spiro atoms. The van der Waals surface area contributed by atoms with Gasteiger partial charge in [0.05, 0.1) is 0 Å². The van der Waals surface area contributed by atoms with Crippen molar-refractivity contribution in [1.29, 1.82) is 0 Å². The van der Waals surface area contributed by atoms with Crippen molar-refractivity contribution in [1.82, 2.24) is 5.32 Å². The minimum Gasteiger partial charge on any atom is -0.354 e. The Morgan fingerprint density at radius 3 is 2.56 bits per heavy atom. The summed E-state index contributed by atoms with van der Waals surface area (Å²) in [5, 5.41) is 2.95. The van der Waals surface area contributed by atoms with Gasteiger partial charge in [0.25, 0.3) is 0 Å². The molecule has 2 fully saturated rings. The standard InChI is InChI=1S/C12H23N3O/c13-10-4-1-3-9(10)7-11(16)15-8-12(14)5-2-6-12/h9-10H,1-8,13-14H2,(H,15,16)/t9-,10+/m0/s1. The highest BCUT2D eigenvalue weighted by molar-refractivity contribution is 5.76. The maximum atomic E-state index is 11.7. The highest BCUT2D eigenvalue weighted by atomic mass is 16.1. The molecule has 0 bridgehead atoms. The summed E-state index contributed by atoms with van der Waals surface area (Å²) in [4.78, 5) is 11.7. The molecule has 2 aliphatic rings. The number of hydrogen-bond acceptors (Lipinski definition) is 3. The summed E-state index contributed by atoms with van der Waals surface area (Å²) in [5.41, 5.74) is 11.9. The Balaban J connectivity index is 1.68. The SMILES string of the molecule is N[C@@H]1CCC[C@H]1CC(=O)NCC1(N)CCC1. The Hall–Kier alpha value is -0.610. The molecule has 4 heteroatoms. The molecule has 0 saturated heterocycles. The van der Waals surface area contributed by atoms with Gasteiger partial charge in [-0.1, -0.05) is 6.42 Å². The molecule has 0 unspecified atom stereocenters. The molecule has 2 rings (SSSR count). The number of rotatable bonds is 4. The van der Waals surface area contributed by atoms with Crippen LogP contribution in [0.4, 0.5) is 0 Å². The zero-order valence-corrected chi connectivity index (χ0v) is 9.87. The average molecular weight is 225 g/mol. The van der Waals surface area contributed by atoms with Crippen LogP contribution in [0.15, 0.2) is 0 Å². The molecular weight excluding hydrogens is 202 g/mol. The van der Waals surface area contributed by atoms with Gasteiger partial charge in [0.2, 0.25) is 5.91 Å². The van der Waals surface area contributed by atoms with E-state index in [9.17, 15) is 4.79 Å². The lowest BCUT2D eigenvalue weighted by atomic mass is 9.78. The smallest absolute Gasteiger partial charge is 0.220 e. The van der Waals surface area contributed by atoms with Gasteiger partial charge in [0.1, 0.15) is 0 Å². The fourth-order valence-corrected chi connectivity index (χ4v) is 2.71. The van der Waals surface area contributed by atoms with Crippen molar-refractivity contribution >= 4 is 5.91 Å². The van der Waals surface area contributed by atoms with Crippen molar-refractivity contribution in [2.24, 2.45) is 17.4 Å². The predicted octanol–water partition coefficient (Wildman–Crippen LogP) is 0.502. The van der Waals surface area contributed by atoms with Crippen LogP contribution in [0, 0.1) is 5.92 Å². The molecule has 5 N–H and O–H groups in total. The Morgan fingerprint density at radius 2 is 2.06 bits per heavy atom.